The molecule has 7 heteroatoms. The fraction of sp³-hybridized carbons (Fsp3) is 0.643. The van der Waals surface area contributed by atoms with Gasteiger partial charge >= 0.3 is 6.03 Å². The molecule has 0 unspecified atom stereocenters. The van der Waals surface area contributed by atoms with E-state index in [1.165, 1.54) is 0 Å². The summed E-state index contributed by atoms with van der Waals surface area (Å²) < 4.78 is 0. The second-order valence-corrected chi connectivity index (χ2v) is 5.59. The minimum absolute atomic E-state index is 0. The summed E-state index contributed by atoms with van der Waals surface area (Å²) in [6, 6.07) is 2.61. The Labute approximate surface area is 142 Å². The number of halogens is 1. The van der Waals surface area contributed by atoms with Crippen LogP contribution in [-0.4, -0.2) is 53.1 Å². The number of piperidine rings is 1. The minimum Gasteiger partial charge on any atom is -0.354 e. The Kier molecular flexibility index (Phi) is 4.90. The number of carbonyl (C=O) groups excluding carboxylic acids is 1. The number of amides is 2. The van der Waals surface area contributed by atoms with Gasteiger partial charge < -0.3 is 15.1 Å². The number of aryl methyl sites for hydroxylation is 2. The van der Waals surface area contributed by atoms with Crippen molar-refractivity contribution in [2.75, 3.05) is 25.0 Å². The Morgan fingerprint density at radius 3 is 2.90 bits per heavy atom. The van der Waals surface area contributed by atoms with E-state index in [-0.39, 0.29) is 36.0 Å². The molecule has 2 aliphatic heterocycles. The van der Waals surface area contributed by atoms with E-state index in [2.05, 4.69) is 33.2 Å². The summed E-state index contributed by atoms with van der Waals surface area (Å²) >= 11 is 0. The lowest BCUT2D eigenvalue weighted by Gasteiger charge is -2.36. The summed E-state index contributed by atoms with van der Waals surface area (Å²) in [6.45, 7) is 5.78. The van der Waals surface area contributed by atoms with Gasteiger partial charge in [0.1, 0.15) is 11.6 Å². The Bertz CT molecular complexity index is 538. The van der Waals surface area contributed by atoms with E-state index in [1.54, 1.807) is 0 Å². The predicted octanol–water partition coefficient (Wildman–Crippen LogP) is 1.57. The first-order chi connectivity index (χ1) is 9.58. The quantitative estimate of drug-likeness (QED) is 0.762. The lowest BCUT2D eigenvalue weighted by Crippen LogP contribution is -2.51. The molecule has 3 rings (SSSR count). The van der Waals surface area contributed by atoms with Crippen LogP contribution in [0.25, 0.3) is 0 Å². The predicted molar refractivity (Wildman–Crippen MR) is 92.3 cm³/mol. The second kappa shape index (κ2) is 6.33. The molecule has 3 heterocycles. The van der Waals surface area contributed by atoms with Crippen molar-refractivity contribution in [1.82, 2.24) is 20.2 Å². The molecule has 6 nitrogen and oxygen atoms in total. The third-order valence-corrected chi connectivity index (χ3v) is 4.27. The topological polar surface area (TPSA) is 61.4 Å². The van der Waals surface area contributed by atoms with Gasteiger partial charge in [-0.05, 0) is 19.8 Å². The number of carbonyl (C=O) groups is 1. The SMILES string of the molecule is CCc1cc(N2CC[C@H]3[C@@H](C2)NC(=O)N3C)nc(C)n1.I. The van der Waals surface area contributed by atoms with E-state index in [9.17, 15) is 4.79 Å². The Morgan fingerprint density at radius 2 is 2.19 bits per heavy atom. The fourth-order valence-electron chi connectivity index (χ4n) is 3.12. The van der Waals surface area contributed by atoms with Crippen LogP contribution in [0.2, 0.25) is 0 Å². The van der Waals surface area contributed by atoms with E-state index in [0.29, 0.717) is 6.04 Å². The molecule has 21 heavy (non-hydrogen) atoms. The molecule has 0 saturated carbocycles. The maximum atomic E-state index is 11.7. The van der Waals surface area contributed by atoms with Crippen LogP contribution in [-0.2, 0) is 6.42 Å². The molecule has 2 fully saturated rings. The summed E-state index contributed by atoms with van der Waals surface area (Å²) in [7, 11) is 1.87. The lowest BCUT2D eigenvalue weighted by molar-refractivity contribution is 0.212. The molecule has 2 amide bonds. The highest BCUT2D eigenvalue weighted by Gasteiger charge is 2.40. The highest BCUT2D eigenvalue weighted by molar-refractivity contribution is 14.0. The van der Waals surface area contributed by atoms with Gasteiger partial charge in [0.05, 0.1) is 12.1 Å². The molecule has 0 aliphatic carbocycles. The number of fused-ring (bicyclic) bond motifs is 1. The first-order valence-electron chi connectivity index (χ1n) is 7.21. The maximum Gasteiger partial charge on any atom is 0.317 e. The molecule has 2 atom stereocenters. The number of nitrogens with zero attached hydrogens (tertiary/aromatic N) is 4. The number of anilines is 1. The summed E-state index contributed by atoms with van der Waals surface area (Å²) in [5, 5.41) is 3.05. The monoisotopic (exact) mass is 403 g/mol. The molecule has 0 spiro atoms. The van der Waals surface area contributed by atoms with E-state index >= 15 is 0 Å². The van der Waals surface area contributed by atoms with E-state index in [1.807, 2.05) is 18.9 Å². The van der Waals surface area contributed by atoms with Crippen molar-refractivity contribution in [3.63, 3.8) is 0 Å². The normalized spacial score (nSPS) is 24.4. The molecule has 1 aromatic rings. The van der Waals surface area contributed by atoms with Crippen LogP contribution in [0.1, 0.15) is 24.9 Å². The van der Waals surface area contributed by atoms with E-state index in [0.717, 1.165) is 43.3 Å². The van der Waals surface area contributed by atoms with Crippen LogP contribution >= 0.6 is 24.0 Å². The Hall–Kier alpha value is -1.12. The highest BCUT2D eigenvalue weighted by atomic mass is 127. The van der Waals surface area contributed by atoms with Crippen molar-refractivity contribution in [2.24, 2.45) is 0 Å². The molecule has 2 saturated heterocycles. The van der Waals surface area contributed by atoms with Gasteiger partial charge in [0.2, 0.25) is 0 Å². The number of likely N-dealkylation sites (N-methyl/N-ethyl adjacent to an activating group) is 1. The van der Waals surface area contributed by atoms with Crippen molar-refractivity contribution < 1.29 is 4.79 Å². The van der Waals surface area contributed by atoms with Gasteiger partial charge in [-0.25, -0.2) is 14.8 Å². The van der Waals surface area contributed by atoms with Gasteiger partial charge in [-0.3, -0.25) is 0 Å². The zero-order chi connectivity index (χ0) is 14.3. The molecule has 116 valence electrons. The minimum atomic E-state index is 0. The first-order valence-corrected chi connectivity index (χ1v) is 7.21. The second-order valence-electron chi connectivity index (χ2n) is 5.59. The first kappa shape index (κ1) is 16.3. The van der Waals surface area contributed by atoms with Gasteiger partial charge in [-0.2, -0.15) is 0 Å². The van der Waals surface area contributed by atoms with Gasteiger partial charge in [-0.15, -0.1) is 24.0 Å². The van der Waals surface area contributed by atoms with Crippen molar-refractivity contribution in [2.45, 2.75) is 38.8 Å². The zero-order valence-corrected chi connectivity index (χ0v) is 15.0. The molecule has 2 aliphatic rings. The number of aromatic nitrogens is 2. The van der Waals surface area contributed by atoms with Gasteiger partial charge in [0, 0.05) is 31.9 Å². The molecule has 0 radical (unpaired) electrons. The van der Waals surface area contributed by atoms with Gasteiger partial charge in [0.15, 0.2) is 0 Å². The molecule has 0 aromatic carbocycles. The van der Waals surface area contributed by atoms with Gasteiger partial charge in [0.25, 0.3) is 0 Å². The van der Waals surface area contributed by atoms with Crippen molar-refractivity contribution in [3.05, 3.63) is 17.6 Å². The molecule has 1 N–H and O–H groups in total. The van der Waals surface area contributed by atoms with Crippen LogP contribution in [0.4, 0.5) is 10.6 Å². The highest BCUT2D eigenvalue weighted by Crippen LogP contribution is 2.25. The summed E-state index contributed by atoms with van der Waals surface area (Å²) in [6.07, 6.45) is 1.89. The third-order valence-electron chi connectivity index (χ3n) is 4.27. The molecule has 0 bridgehead atoms. The average Bonchev–Trinajstić information content (AvgIpc) is 2.73. The van der Waals surface area contributed by atoms with Crippen molar-refractivity contribution >= 4 is 35.8 Å². The summed E-state index contributed by atoms with van der Waals surface area (Å²) in [5.41, 5.74) is 1.07. The fourth-order valence-corrected chi connectivity index (χ4v) is 3.12. The Morgan fingerprint density at radius 1 is 1.43 bits per heavy atom. The number of nitrogens with one attached hydrogen (secondary N) is 1. The standard InChI is InChI=1S/C14H21N5O.HI/c1-4-10-7-13(16-9(2)15-10)19-6-5-12-11(8-19)17-14(20)18(12)3;/h7,11-12H,4-6,8H2,1-3H3,(H,17,20);1H/t11-,12+;/m1./s1. The summed E-state index contributed by atoms with van der Waals surface area (Å²) in [4.78, 5) is 24.8. The smallest absolute Gasteiger partial charge is 0.317 e. The van der Waals surface area contributed by atoms with Crippen LogP contribution < -0.4 is 10.2 Å². The van der Waals surface area contributed by atoms with Crippen LogP contribution in [0.5, 0.6) is 0 Å². The molecular formula is C14H22IN5O. The number of hydrogen-bond acceptors (Lipinski definition) is 4. The maximum absolute atomic E-state index is 11.7. The molecular weight excluding hydrogens is 381 g/mol. The lowest BCUT2D eigenvalue weighted by atomic mass is 10.0. The largest absolute Gasteiger partial charge is 0.354 e. The summed E-state index contributed by atoms with van der Waals surface area (Å²) in [5.74, 6) is 1.80. The van der Waals surface area contributed by atoms with Crippen LogP contribution in [0.3, 0.4) is 0 Å². The van der Waals surface area contributed by atoms with Crippen LogP contribution in [0, 0.1) is 6.92 Å². The van der Waals surface area contributed by atoms with E-state index in [4.69, 9.17) is 0 Å². The van der Waals surface area contributed by atoms with E-state index < -0.39 is 0 Å². The zero-order valence-electron chi connectivity index (χ0n) is 12.7. The van der Waals surface area contributed by atoms with Gasteiger partial charge in [-0.1, -0.05) is 6.92 Å². The number of hydrogen-bond donors (Lipinski definition) is 1. The molecule has 1 aromatic heterocycles. The third kappa shape index (κ3) is 3.07. The number of urea groups is 1. The van der Waals surface area contributed by atoms with Crippen molar-refractivity contribution in [3.8, 4) is 0 Å². The van der Waals surface area contributed by atoms with Crippen molar-refractivity contribution in [1.29, 1.82) is 0 Å². The average molecular weight is 403 g/mol. The Balaban J connectivity index is 0.00000161. The van der Waals surface area contributed by atoms with Crippen LogP contribution in [0.15, 0.2) is 6.07 Å². The number of rotatable bonds is 2.